The molecule has 12 heavy (non-hydrogen) atoms. The molecule has 0 unspecified atom stereocenters. The molecule has 0 aliphatic rings. The van der Waals surface area contributed by atoms with E-state index in [0.29, 0.717) is 5.69 Å². The van der Waals surface area contributed by atoms with Gasteiger partial charge in [-0.05, 0) is 13.0 Å². The number of H-pyrrole nitrogens is 1. The molecule has 0 bridgehead atoms. The molecule has 1 heterocycles. The molecule has 66 valence electrons. The molecule has 0 aliphatic carbocycles. The Morgan fingerprint density at radius 1 is 1.58 bits per heavy atom. The molecule has 0 aliphatic heterocycles. The molecule has 1 aromatic rings. The Bertz CT molecular complexity index is 306. The van der Waals surface area contributed by atoms with Crippen molar-refractivity contribution in [1.29, 1.82) is 0 Å². The summed E-state index contributed by atoms with van der Waals surface area (Å²) in [6.45, 7) is 1.58. The summed E-state index contributed by atoms with van der Waals surface area (Å²) in [5, 5.41) is 9.12. The standard InChI is InChI=1S/C8H12N2O2/c1-5(11)8(9)6-3-2-4-7(12)10-6/h2-5,8,11H,9H2,1H3,(H,10,12)/t5-,8+/m0/s1. The van der Waals surface area contributed by atoms with Gasteiger partial charge in [-0.2, -0.15) is 0 Å². The molecule has 0 amide bonds. The molecule has 4 heteroatoms. The quantitative estimate of drug-likeness (QED) is 0.570. The Hall–Kier alpha value is -1.13. The molecule has 2 atom stereocenters. The largest absolute Gasteiger partial charge is 0.391 e. The van der Waals surface area contributed by atoms with Gasteiger partial charge in [0, 0.05) is 11.8 Å². The number of nitrogens with two attached hydrogens (primary N) is 1. The highest BCUT2D eigenvalue weighted by Gasteiger charge is 2.11. The number of aliphatic hydroxyl groups is 1. The van der Waals surface area contributed by atoms with Gasteiger partial charge in [-0.15, -0.1) is 0 Å². The van der Waals surface area contributed by atoms with Crippen molar-refractivity contribution in [3.63, 3.8) is 0 Å². The van der Waals surface area contributed by atoms with Crippen LogP contribution in [0, 0.1) is 0 Å². The molecule has 4 N–H and O–H groups in total. The second-order valence-corrected chi connectivity index (χ2v) is 2.74. The summed E-state index contributed by atoms with van der Waals surface area (Å²) in [5.74, 6) is 0. The van der Waals surface area contributed by atoms with Gasteiger partial charge >= 0.3 is 0 Å². The molecule has 0 radical (unpaired) electrons. The van der Waals surface area contributed by atoms with E-state index in [9.17, 15) is 4.79 Å². The van der Waals surface area contributed by atoms with E-state index in [1.807, 2.05) is 0 Å². The van der Waals surface area contributed by atoms with Crippen molar-refractivity contribution >= 4 is 0 Å². The van der Waals surface area contributed by atoms with Gasteiger partial charge in [0.05, 0.1) is 12.1 Å². The number of nitrogens with one attached hydrogen (secondary N) is 1. The van der Waals surface area contributed by atoms with Gasteiger partial charge in [0.2, 0.25) is 5.56 Å². The van der Waals surface area contributed by atoms with Crippen LogP contribution >= 0.6 is 0 Å². The molecular weight excluding hydrogens is 156 g/mol. The third kappa shape index (κ3) is 1.93. The summed E-state index contributed by atoms with van der Waals surface area (Å²) >= 11 is 0. The highest BCUT2D eigenvalue weighted by Crippen LogP contribution is 2.08. The maximum Gasteiger partial charge on any atom is 0.248 e. The minimum Gasteiger partial charge on any atom is -0.391 e. The second-order valence-electron chi connectivity index (χ2n) is 2.74. The molecule has 0 saturated heterocycles. The predicted octanol–water partition coefficient (Wildman–Crippen LogP) is -0.245. The molecule has 1 rings (SSSR count). The first-order valence-corrected chi connectivity index (χ1v) is 3.74. The average Bonchev–Trinajstić information content (AvgIpc) is 2.03. The normalized spacial score (nSPS) is 15.6. The lowest BCUT2D eigenvalue weighted by Gasteiger charge is -2.13. The van der Waals surface area contributed by atoms with Gasteiger partial charge in [-0.3, -0.25) is 4.79 Å². The SMILES string of the molecule is C[C@H](O)[C@@H](N)c1cccc(=O)[nH]1. The van der Waals surface area contributed by atoms with Gasteiger partial charge in [-0.25, -0.2) is 0 Å². The fourth-order valence-corrected chi connectivity index (χ4v) is 0.919. The number of rotatable bonds is 2. The summed E-state index contributed by atoms with van der Waals surface area (Å²) in [7, 11) is 0. The van der Waals surface area contributed by atoms with Crippen LogP contribution in [0.3, 0.4) is 0 Å². The zero-order chi connectivity index (χ0) is 9.14. The predicted molar refractivity (Wildman–Crippen MR) is 45.7 cm³/mol. The highest BCUT2D eigenvalue weighted by atomic mass is 16.3. The third-order valence-corrected chi connectivity index (χ3v) is 1.67. The lowest BCUT2D eigenvalue weighted by Crippen LogP contribution is -2.26. The van der Waals surface area contributed by atoms with Gasteiger partial charge in [0.1, 0.15) is 0 Å². The minimum atomic E-state index is -0.664. The summed E-state index contributed by atoms with van der Waals surface area (Å²) in [5.41, 5.74) is 5.93. The summed E-state index contributed by atoms with van der Waals surface area (Å²) < 4.78 is 0. The van der Waals surface area contributed by atoms with E-state index in [1.165, 1.54) is 6.07 Å². The summed E-state index contributed by atoms with van der Waals surface area (Å²) in [6, 6.07) is 4.16. The van der Waals surface area contributed by atoms with E-state index >= 15 is 0 Å². The smallest absolute Gasteiger partial charge is 0.248 e. The first kappa shape index (κ1) is 8.96. The zero-order valence-corrected chi connectivity index (χ0v) is 6.82. The van der Waals surface area contributed by atoms with Crippen LogP contribution in [0.15, 0.2) is 23.0 Å². The maximum atomic E-state index is 10.8. The number of pyridine rings is 1. The molecule has 0 aromatic carbocycles. The third-order valence-electron chi connectivity index (χ3n) is 1.67. The van der Waals surface area contributed by atoms with E-state index in [-0.39, 0.29) is 5.56 Å². The Kier molecular flexibility index (Phi) is 2.62. The molecule has 4 nitrogen and oxygen atoms in total. The summed E-state index contributed by atoms with van der Waals surface area (Å²) in [6.07, 6.45) is -0.664. The average molecular weight is 168 g/mol. The van der Waals surface area contributed by atoms with Gasteiger partial charge in [0.15, 0.2) is 0 Å². The van der Waals surface area contributed by atoms with Crippen LogP contribution in [0.2, 0.25) is 0 Å². The Balaban J connectivity index is 2.95. The topological polar surface area (TPSA) is 79.1 Å². The van der Waals surface area contributed by atoms with Crippen LogP contribution in [0.25, 0.3) is 0 Å². The number of aliphatic hydroxyl groups excluding tert-OH is 1. The van der Waals surface area contributed by atoms with Crippen molar-refractivity contribution in [2.24, 2.45) is 5.73 Å². The second kappa shape index (κ2) is 3.51. The van der Waals surface area contributed by atoms with Crippen LogP contribution in [0.1, 0.15) is 18.7 Å². The van der Waals surface area contributed by atoms with E-state index in [2.05, 4.69) is 4.98 Å². The monoisotopic (exact) mass is 168 g/mol. The van der Waals surface area contributed by atoms with Crippen molar-refractivity contribution in [2.75, 3.05) is 0 Å². The van der Waals surface area contributed by atoms with Gasteiger partial charge in [-0.1, -0.05) is 6.07 Å². The van der Waals surface area contributed by atoms with Crippen molar-refractivity contribution in [3.05, 3.63) is 34.2 Å². The maximum absolute atomic E-state index is 10.8. The molecule has 1 aromatic heterocycles. The van der Waals surface area contributed by atoms with Crippen LogP contribution in [-0.2, 0) is 0 Å². The fraction of sp³-hybridized carbons (Fsp3) is 0.375. The van der Waals surface area contributed by atoms with Gasteiger partial charge < -0.3 is 15.8 Å². The van der Waals surface area contributed by atoms with Crippen molar-refractivity contribution in [2.45, 2.75) is 19.1 Å². The number of aromatic amines is 1. The first-order valence-electron chi connectivity index (χ1n) is 3.74. The van der Waals surface area contributed by atoms with Crippen molar-refractivity contribution in [1.82, 2.24) is 4.98 Å². The number of hydrogen-bond acceptors (Lipinski definition) is 3. The van der Waals surface area contributed by atoms with Crippen LogP contribution in [-0.4, -0.2) is 16.2 Å². The number of hydrogen-bond donors (Lipinski definition) is 3. The number of aromatic nitrogens is 1. The van der Waals surface area contributed by atoms with Gasteiger partial charge in [0.25, 0.3) is 0 Å². The fourth-order valence-electron chi connectivity index (χ4n) is 0.919. The zero-order valence-electron chi connectivity index (χ0n) is 6.82. The Morgan fingerprint density at radius 2 is 2.25 bits per heavy atom. The van der Waals surface area contributed by atoms with Crippen LogP contribution in [0.4, 0.5) is 0 Å². The molecule has 0 fully saturated rings. The lowest BCUT2D eigenvalue weighted by atomic mass is 10.1. The molecule has 0 spiro atoms. The van der Waals surface area contributed by atoms with E-state index in [0.717, 1.165) is 0 Å². The minimum absolute atomic E-state index is 0.205. The molecular formula is C8H12N2O2. The Labute approximate surface area is 70.0 Å². The lowest BCUT2D eigenvalue weighted by molar-refractivity contribution is 0.162. The van der Waals surface area contributed by atoms with E-state index in [1.54, 1.807) is 19.1 Å². The van der Waals surface area contributed by atoms with Crippen LogP contribution < -0.4 is 11.3 Å². The van der Waals surface area contributed by atoms with Crippen molar-refractivity contribution < 1.29 is 5.11 Å². The first-order chi connectivity index (χ1) is 5.61. The van der Waals surface area contributed by atoms with E-state index in [4.69, 9.17) is 10.8 Å². The van der Waals surface area contributed by atoms with Crippen molar-refractivity contribution in [3.8, 4) is 0 Å². The van der Waals surface area contributed by atoms with Crippen LogP contribution in [0.5, 0.6) is 0 Å². The summed E-state index contributed by atoms with van der Waals surface area (Å²) in [4.78, 5) is 13.4. The molecule has 0 saturated carbocycles. The van der Waals surface area contributed by atoms with E-state index < -0.39 is 12.1 Å². The highest BCUT2D eigenvalue weighted by molar-refractivity contribution is 5.09. The Morgan fingerprint density at radius 3 is 2.75 bits per heavy atom.